The lowest BCUT2D eigenvalue weighted by molar-refractivity contribution is -0.132. The summed E-state index contributed by atoms with van der Waals surface area (Å²) in [6.07, 6.45) is 6.02. The third-order valence-electron chi connectivity index (χ3n) is 4.35. The van der Waals surface area contributed by atoms with E-state index in [1.807, 2.05) is 4.90 Å². The summed E-state index contributed by atoms with van der Waals surface area (Å²) >= 11 is 1.37. The highest BCUT2D eigenvalue weighted by molar-refractivity contribution is 7.99. The molecule has 1 saturated heterocycles. The van der Waals surface area contributed by atoms with Crippen LogP contribution in [0.3, 0.4) is 0 Å². The van der Waals surface area contributed by atoms with E-state index >= 15 is 0 Å². The quantitative estimate of drug-likeness (QED) is 0.656. The Bertz CT molecular complexity index is 509. The van der Waals surface area contributed by atoms with Crippen molar-refractivity contribution in [1.29, 1.82) is 0 Å². The fraction of sp³-hybridized carbons (Fsp3) is 0.786. The standard InChI is InChI=1S/C14H23N5O2S/c15-19-13(11-4-2-1-3-5-11)16-17-14(19)22-10-12(20)18-6-8-21-9-7-18/h11H,1-10,15H2. The molecule has 0 aromatic carbocycles. The highest BCUT2D eigenvalue weighted by Gasteiger charge is 2.23. The molecule has 0 unspecified atom stereocenters. The average Bonchev–Trinajstić information content (AvgIpc) is 2.95. The first-order valence-corrected chi connectivity index (χ1v) is 8.93. The van der Waals surface area contributed by atoms with E-state index in [4.69, 9.17) is 10.6 Å². The lowest BCUT2D eigenvalue weighted by Crippen LogP contribution is -2.41. The molecule has 2 fully saturated rings. The third kappa shape index (κ3) is 3.55. The monoisotopic (exact) mass is 325 g/mol. The van der Waals surface area contributed by atoms with Gasteiger partial charge in [0.25, 0.3) is 0 Å². The van der Waals surface area contributed by atoms with E-state index in [-0.39, 0.29) is 5.91 Å². The minimum Gasteiger partial charge on any atom is -0.378 e. The summed E-state index contributed by atoms with van der Waals surface area (Å²) in [5.74, 6) is 7.85. The number of amides is 1. The predicted molar refractivity (Wildman–Crippen MR) is 84.1 cm³/mol. The Morgan fingerprint density at radius 2 is 1.95 bits per heavy atom. The molecule has 2 N–H and O–H groups in total. The van der Waals surface area contributed by atoms with Gasteiger partial charge >= 0.3 is 0 Å². The van der Waals surface area contributed by atoms with Gasteiger partial charge in [-0.25, -0.2) is 4.68 Å². The van der Waals surface area contributed by atoms with Crippen molar-refractivity contribution < 1.29 is 9.53 Å². The van der Waals surface area contributed by atoms with Gasteiger partial charge in [-0.2, -0.15) is 0 Å². The Kier molecular flexibility index (Phi) is 5.20. The molecule has 1 aliphatic heterocycles. The maximum Gasteiger partial charge on any atom is 0.233 e. The molecule has 1 amide bonds. The summed E-state index contributed by atoms with van der Waals surface area (Å²) in [5.41, 5.74) is 0. The summed E-state index contributed by atoms with van der Waals surface area (Å²) in [4.78, 5) is 14.0. The zero-order chi connectivity index (χ0) is 15.4. The zero-order valence-corrected chi connectivity index (χ0v) is 13.6. The number of hydrogen-bond donors (Lipinski definition) is 1. The molecule has 0 atom stereocenters. The maximum absolute atomic E-state index is 12.1. The van der Waals surface area contributed by atoms with Crippen molar-refractivity contribution in [1.82, 2.24) is 19.8 Å². The van der Waals surface area contributed by atoms with Crippen LogP contribution in [0.25, 0.3) is 0 Å². The van der Waals surface area contributed by atoms with Gasteiger partial charge in [0.2, 0.25) is 11.1 Å². The Morgan fingerprint density at radius 3 is 2.68 bits per heavy atom. The molecule has 1 aromatic rings. The topological polar surface area (TPSA) is 86.3 Å². The number of thioether (sulfide) groups is 1. The van der Waals surface area contributed by atoms with Crippen LogP contribution in [0.1, 0.15) is 43.8 Å². The second kappa shape index (κ2) is 7.32. The number of nitrogens with two attached hydrogens (primary N) is 1. The van der Waals surface area contributed by atoms with E-state index < -0.39 is 0 Å². The van der Waals surface area contributed by atoms with E-state index in [9.17, 15) is 4.79 Å². The first-order valence-electron chi connectivity index (χ1n) is 7.94. The van der Waals surface area contributed by atoms with Gasteiger partial charge in [0.05, 0.1) is 19.0 Å². The van der Waals surface area contributed by atoms with Gasteiger partial charge in [0.15, 0.2) is 5.82 Å². The van der Waals surface area contributed by atoms with Gasteiger partial charge in [-0.1, -0.05) is 31.0 Å². The predicted octanol–water partition coefficient (Wildman–Crippen LogP) is 0.990. The Labute approximate surface area is 134 Å². The number of carbonyl (C=O) groups is 1. The first kappa shape index (κ1) is 15.6. The summed E-state index contributed by atoms with van der Waals surface area (Å²) in [7, 11) is 0. The molecule has 0 radical (unpaired) electrons. The molecule has 2 heterocycles. The van der Waals surface area contributed by atoms with Crippen molar-refractivity contribution in [2.24, 2.45) is 0 Å². The number of nitrogen functional groups attached to an aromatic ring is 1. The molecular weight excluding hydrogens is 302 g/mol. The van der Waals surface area contributed by atoms with Crippen LogP contribution in [0.15, 0.2) is 5.16 Å². The van der Waals surface area contributed by atoms with Crippen LogP contribution in [0.4, 0.5) is 0 Å². The van der Waals surface area contributed by atoms with Gasteiger partial charge in [-0.15, -0.1) is 10.2 Å². The zero-order valence-electron chi connectivity index (χ0n) is 12.7. The van der Waals surface area contributed by atoms with E-state index in [0.29, 0.717) is 43.1 Å². The minimum atomic E-state index is 0.107. The lowest BCUT2D eigenvalue weighted by Gasteiger charge is -2.26. The van der Waals surface area contributed by atoms with E-state index in [2.05, 4.69) is 10.2 Å². The van der Waals surface area contributed by atoms with Crippen LogP contribution in [-0.4, -0.2) is 57.7 Å². The van der Waals surface area contributed by atoms with Gasteiger partial charge < -0.3 is 15.5 Å². The summed E-state index contributed by atoms with van der Waals surface area (Å²) in [6, 6.07) is 0. The van der Waals surface area contributed by atoms with Crippen molar-refractivity contribution >= 4 is 17.7 Å². The van der Waals surface area contributed by atoms with Crippen LogP contribution in [0, 0.1) is 0 Å². The van der Waals surface area contributed by atoms with Gasteiger partial charge in [0, 0.05) is 19.0 Å². The SMILES string of the molecule is Nn1c(SCC(=O)N2CCOCC2)nnc1C1CCCCC1. The number of ether oxygens (including phenoxy) is 1. The third-order valence-corrected chi connectivity index (χ3v) is 5.28. The fourth-order valence-electron chi connectivity index (χ4n) is 3.06. The number of aromatic nitrogens is 3. The van der Waals surface area contributed by atoms with Crippen molar-refractivity contribution in [2.75, 3.05) is 37.9 Å². The molecule has 7 nitrogen and oxygen atoms in total. The number of hydrogen-bond acceptors (Lipinski definition) is 6. The van der Waals surface area contributed by atoms with Crippen LogP contribution in [0.2, 0.25) is 0 Å². The molecule has 8 heteroatoms. The molecule has 1 saturated carbocycles. The molecule has 1 aliphatic carbocycles. The van der Waals surface area contributed by atoms with E-state index in [1.54, 1.807) is 4.68 Å². The largest absolute Gasteiger partial charge is 0.378 e. The molecular formula is C14H23N5O2S. The summed E-state index contributed by atoms with van der Waals surface area (Å²) in [6.45, 7) is 2.58. The number of nitrogens with zero attached hydrogens (tertiary/aromatic N) is 4. The van der Waals surface area contributed by atoms with Crippen LogP contribution in [-0.2, 0) is 9.53 Å². The Balaban J connectivity index is 1.56. The molecule has 1 aromatic heterocycles. The Morgan fingerprint density at radius 1 is 1.23 bits per heavy atom. The lowest BCUT2D eigenvalue weighted by atomic mass is 9.89. The number of rotatable bonds is 4. The smallest absolute Gasteiger partial charge is 0.233 e. The Hall–Kier alpha value is -1.28. The molecule has 3 rings (SSSR count). The molecule has 2 aliphatic rings. The van der Waals surface area contributed by atoms with E-state index in [0.717, 1.165) is 18.7 Å². The normalized spacial score (nSPS) is 20.3. The van der Waals surface area contributed by atoms with Gasteiger partial charge in [-0.3, -0.25) is 4.79 Å². The first-order chi connectivity index (χ1) is 10.8. The van der Waals surface area contributed by atoms with Crippen molar-refractivity contribution in [2.45, 2.75) is 43.2 Å². The van der Waals surface area contributed by atoms with E-state index in [1.165, 1.54) is 31.0 Å². The van der Waals surface area contributed by atoms with Crippen LogP contribution < -0.4 is 5.84 Å². The highest BCUT2D eigenvalue weighted by atomic mass is 32.2. The second-order valence-corrected chi connectivity index (χ2v) is 6.77. The highest BCUT2D eigenvalue weighted by Crippen LogP contribution is 2.32. The van der Waals surface area contributed by atoms with Gasteiger partial charge in [0.1, 0.15) is 0 Å². The second-order valence-electron chi connectivity index (χ2n) is 5.83. The van der Waals surface area contributed by atoms with Gasteiger partial charge in [-0.05, 0) is 12.8 Å². The average molecular weight is 325 g/mol. The fourth-order valence-corrected chi connectivity index (χ4v) is 3.82. The van der Waals surface area contributed by atoms with Crippen LogP contribution >= 0.6 is 11.8 Å². The van der Waals surface area contributed by atoms with Crippen LogP contribution in [0.5, 0.6) is 0 Å². The minimum absolute atomic E-state index is 0.107. The number of carbonyl (C=O) groups excluding carboxylic acids is 1. The van der Waals surface area contributed by atoms with Crippen molar-refractivity contribution in [3.05, 3.63) is 5.82 Å². The molecule has 22 heavy (non-hydrogen) atoms. The summed E-state index contributed by atoms with van der Waals surface area (Å²) < 4.78 is 6.83. The molecule has 0 bridgehead atoms. The van der Waals surface area contributed by atoms with Crippen molar-refractivity contribution in [3.8, 4) is 0 Å². The number of morpholine rings is 1. The molecule has 0 spiro atoms. The summed E-state index contributed by atoms with van der Waals surface area (Å²) in [5, 5.41) is 9.04. The maximum atomic E-state index is 12.1. The van der Waals surface area contributed by atoms with Crippen molar-refractivity contribution in [3.63, 3.8) is 0 Å². The molecule has 122 valence electrons.